The van der Waals surface area contributed by atoms with Gasteiger partial charge in [-0.2, -0.15) is 0 Å². The van der Waals surface area contributed by atoms with Gasteiger partial charge in [0.1, 0.15) is 0 Å². The first-order valence-corrected chi connectivity index (χ1v) is 6.73. The standard InChI is InChI=1S/C13H20N2S/c1-11(8-14-12-5-6-12)9-15(2)10-13-4-3-7-16-13/h3-4,7,12,14H,1,5-6,8-10H2,2H3. The van der Waals surface area contributed by atoms with Gasteiger partial charge in [-0.1, -0.05) is 12.6 Å². The molecule has 88 valence electrons. The van der Waals surface area contributed by atoms with Gasteiger partial charge in [-0.3, -0.25) is 4.90 Å². The molecule has 1 N–H and O–H groups in total. The van der Waals surface area contributed by atoms with Crippen LogP contribution < -0.4 is 5.32 Å². The van der Waals surface area contributed by atoms with Gasteiger partial charge in [0.25, 0.3) is 0 Å². The summed E-state index contributed by atoms with van der Waals surface area (Å²) in [6, 6.07) is 5.07. The number of nitrogens with one attached hydrogen (secondary N) is 1. The van der Waals surface area contributed by atoms with E-state index < -0.39 is 0 Å². The molecule has 1 fully saturated rings. The van der Waals surface area contributed by atoms with Crippen LogP contribution in [-0.4, -0.2) is 31.1 Å². The summed E-state index contributed by atoms with van der Waals surface area (Å²) in [5, 5.41) is 5.63. The summed E-state index contributed by atoms with van der Waals surface area (Å²) in [5.74, 6) is 0. The molecule has 1 aliphatic rings. The molecule has 0 aromatic carbocycles. The van der Waals surface area contributed by atoms with Crippen LogP contribution in [0, 0.1) is 0 Å². The van der Waals surface area contributed by atoms with E-state index in [9.17, 15) is 0 Å². The van der Waals surface area contributed by atoms with Gasteiger partial charge in [0.15, 0.2) is 0 Å². The Morgan fingerprint density at radius 1 is 1.62 bits per heavy atom. The fraction of sp³-hybridized carbons (Fsp3) is 0.538. The van der Waals surface area contributed by atoms with E-state index >= 15 is 0 Å². The van der Waals surface area contributed by atoms with Gasteiger partial charge in [-0.05, 0) is 36.9 Å². The van der Waals surface area contributed by atoms with Crippen LogP contribution in [-0.2, 0) is 6.54 Å². The van der Waals surface area contributed by atoms with E-state index in [1.807, 2.05) is 11.3 Å². The Morgan fingerprint density at radius 3 is 3.06 bits per heavy atom. The van der Waals surface area contributed by atoms with E-state index in [4.69, 9.17) is 0 Å². The molecule has 1 aliphatic carbocycles. The van der Waals surface area contributed by atoms with Gasteiger partial charge in [-0.15, -0.1) is 11.3 Å². The summed E-state index contributed by atoms with van der Waals surface area (Å²) in [6.45, 7) is 7.11. The number of hydrogen-bond acceptors (Lipinski definition) is 3. The molecule has 1 aromatic heterocycles. The molecule has 1 heterocycles. The average molecular weight is 236 g/mol. The van der Waals surface area contributed by atoms with Crippen molar-refractivity contribution in [3.8, 4) is 0 Å². The molecule has 0 radical (unpaired) electrons. The Balaban J connectivity index is 1.65. The lowest BCUT2D eigenvalue weighted by molar-refractivity contribution is 0.355. The minimum atomic E-state index is 0.777. The van der Waals surface area contributed by atoms with E-state index in [-0.39, 0.29) is 0 Å². The summed E-state index contributed by atoms with van der Waals surface area (Å²) in [5.41, 5.74) is 1.28. The van der Waals surface area contributed by atoms with E-state index in [2.05, 4.69) is 41.4 Å². The van der Waals surface area contributed by atoms with Crippen molar-refractivity contribution in [1.29, 1.82) is 0 Å². The van der Waals surface area contributed by atoms with Crippen LogP contribution in [0.15, 0.2) is 29.7 Å². The molecule has 16 heavy (non-hydrogen) atoms. The molecule has 1 aromatic rings. The Labute approximate surface area is 102 Å². The highest BCUT2D eigenvalue weighted by atomic mass is 32.1. The van der Waals surface area contributed by atoms with Crippen molar-refractivity contribution in [2.24, 2.45) is 0 Å². The highest BCUT2D eigenvalue weighted by Crippen LogP contribution is 2.18. The second-order valence-electron chi connectivity index (χ2n) is 4.66. The molecule has 0 bridgehead atoms. The van der Waals surface area contributed by atoms with Crippen molar-refractivity contribution >= 4 is 11.3 Å². The summed E-state index contributed by atoms with van der Waals surface area (Å²) < 4.78 is 0. The molecule has 1 saturated carbocycles. The highest BCUT2D eigenvalue weighted by molar-refractivity contribution is 7.09. The largest absolute Gasteiger partial charge is 0.310 e. The van der Waals surface area contributed by atoms with Gasteiger partial charge in [0.05, 0.1) is 0 Å². The van der Waals surface area contributed by atoms with Crippen LogP contribution in [0.1, 0.15) is 17.7 Å². The van der Waals surface area contributed by atoms with Gasteiger partial charge in [0.2, 0.25) is 0 Å². The fourth-order valence-corrected chi connectivity index (χ4v) is 2.52. The zero-order valence-electron chi connectivity index (χ0n) is 9.91. The van der Waals surface area contributed by atoms with Crippen molar-refractivity contribution in [1.82, 2.24) is 10.2 Å². The Kier molecular flexibility index (Phi) is 4.16. The fourth-order valence-electron chi connectivity index (χ4n) is 1.74. The second-order valence-corrected chi connectivity index (χ2v) is 5.69. The number of rotatable bonds is 7. The summed E-state index contributed by atoms with van der Waals surface area (Å²) in [4.78, 5) is 3.74. The predicted molar refractivity (Wildman–Crippen MR) is 70.8 cm³/mol. The lowest BCUT2D eigenvalue weighted by atomic mass is 10.2. The SMILES string of the molecule is C=C(CNC1CC1)CN(C)Cc1cccs1. The Hall–Kier alpha value is -0.640. The van der Waals surface area contributed by atoms with Crippen molar-refractivity contribution in [2.45, 2.75) is 25.4 Å². The minimum absolute atomic E-state index is 0.777. The maximum Gasteiger partial charge on any atom is 0.0328 e. The molecule has 0 saturated heterocycles. The first-order chi connectivity index (χ1) is 7.74. The Bertz CT molecular complexity index is 328. The highest BCUT2D eigenvalue weighted by Gasteiger charge is 2.20. The van der Waals surface area contributed by atoms with E-state index in [0.29, 0.717) is 0 Å². The molecular weight excluding hydrogens is 216 g/mol. The van der Waals surface area contributed by atoms with Crippen molar-refractivity contribution in [3.05, 3.63) is 34.5 Å². The van der Waals surface area contributed by atoms with E-state index in [1.165, 1.54) is 23.3 Å². The van der Waals surface area contributed by atoms with Crippen LogP contribution in [0.4, 0.5) is 0 Å². The zero-order valence-corrected chi connectivity index (χ0v) is 10.7. The predicted octanol–water partition coefficient (Wildman–Crippen LogP) is 2.49. The lowest BCUT2D eigenvalue weighted by Gasteiger charge is -2.17. The third-order valence-corrected chi connectivity index (χ3v) is 3.58. The summed E-state index contributed by atoms with van der Waals surface area (Å²) in [7, 11) is 2.15. The minimum Gasteiger partial charge on any atom is -0.310 e. The van der Waals surface area contributed by atoms with Crippen LogP contribution in [0.2, 0.25) is 0 Å². The number of thiophene rings is 1. The number of nitrogens with zero attached hydrogens (tertiary/aromatic N) is 1. The lowest BCUT2D eigenvalue weighted by Crippen LogP contribution is -2.26. The molecule has 3 heteroatoms. The van der Waals surface area contributed by atoms with Crippen molar-refractivity contribution in [3.63, 3.8) is 0 Å². The zero-order chi connectivity index (χ0) is 11.4. The average Bonchev–Trinajstić information content (AvgIpc) is 2.94. The normalized spacial score (nSPS) is 15.6. The van der Waals surface area contributed by atoms with E-state index in [0.717, 1.165) is 25.7 Å². The molecular formula is C13H20N2S. The molecule has 0 unspecified atom stereocenters. The van der Waals surface area contributed by atoms with Gasteiger partial charge in [-0.25, -0.2) is 0 Å². The maximum atomic E-state index is 4.12. The molecule has 2 rings (SSSR count). The van der Waals surface area contributed by atoms with Crippen LogP contribution >= 0.6 is 11.3 Å². The van der Waals surface area contributed by atoms with Gasteiger partial charge < -0.3 is 5.32 Å². The van der Waals surface area contributed by atoms with Crippen LogP contribution in [0.25, 0.3) is 0 Å². The summed E-state index contributed by atoms with van der Waals surface area (Å²) >= 11 is 1.82. The van der Waals surface area contributed by atoms with Crippen LogP contribution in [0.5, 0.6) is 0 Å². The topological polar surface area (TPSA) is 15.3 Å². The van der Waals surface area contributed by atoms with Gasteiger partial charge in [0, 0.05) is 30.6 Å². The summed E-state index contributed by atoms with van der Waals surface area (Å²) in [6.07, 6.45) is 2.69. The first-order valence-electron chi connectivity index (χ1n) is 5.85. The number of likely N-dealkylation sites (N-methyl/N-ethyl adjacent to an activating group) is 1. The van der Waals surface area contributed by atoms with Crippen molar-refractivity contribution in [2.75, 3.05) is 20.1 Å². The molecule has 0 amide bonds. The quantitative estimate of drug-likeness (QED) is 0.732. The first kappa shape index (κ1) is 11.8. The van der Waals surface area contributed by atoms with E-state index in [1.54, 1.807) is 0 Å². The molecule has 2 nitrogen and oxygen atoms in total. The second kappa shape index (κ2) is 5.62. The molecule has 0 spiro atoms. The third-order valence-electron chi connectivity index (χ3n) is 2.72. The van der Waals surface area contributed by atoms with Crippen LogP contribution in [0.3, 0.4) is 0 Å². The monoisotopic (exact) mass is 236 g/mol. The van der Waals surface area contributed by atoms with Crippen molar-refractivity contribution < 1.29 is 0 Å². The molecule has 0 aliphatic heterocycles. The maximum absolute atomic E-state index is 4.12. The number of hydrogen-bond donors (Lipinski definition) is 1. The smallest absolute Gasteiger partial charge is 0.0328 e. The Morgan fingerprint density at radius 2 is 2.44 bits per heavy atom. The van der Waals surface area contributed by atoms with Gasteiger partial charge >= 0.3 is 0 Å². The third kappa shape index (κ3) is 4.08. The molecule has 0 atom stereocenters.